The Bertz CT molecular complexity index is 601. The lowest BCUT2D eigenvalue weighted by molar-refractivity contribution is 0.217. The van der Waals surface area contributed by atoms with Gasteiger partial charge in [0.2, 0.25) is 0 Å². The second-order valence-electron chi connectivity index (χ2n) is 4.94. The summed E-state index contributed by atoms with van der Waals surface area (Å²) in [5.41, 5.74) is 2.24. The molecule has 7 heteroatoms. The van der Waals surface area contributed by atoms with Gasteiger partial charge < -0.3 is 15.5 Å². The Morgan fingerprint density at radius 2 is 2.15 bits per heavy atom. The summed E-state index contributed by atoms with van der Waals surface area (Å²) >= 11 is 1.70. The Morgan fingerprint density at radius 1 is 1.40 bits per heavy atom. The number of carbonyl (C=O) groups excluding carboxylic acids is 1. The number of imidazole rings is 1. The highest BCUT2D eigenvalue weighted by Gasteiger charge is 2.10. The van der Waals surface area contributed by atoms with E-state index in [-0.39, 0.29) is 6.03 Å². The van der Waals surface area contributed by atoms with Gasteiger partial charge in [-0.2, -0.15) is 0 Å². The SMILES string of the molecule is Cc1cn2c(CNCCNC(=O)N(C)C)c(C)nc2s1. The van der Waals surface area contributed by atoms with E-state index in [9.17, 15) is 4.79 Å². The maximum Gasteiger partial charge on any atom is 0.316 e. The predicted octanol–water partition coefficient (Wildman–Crippen LogP) is 1.37. The van der Waals surface area contributed by atoms with Gasteiger partial charge in [0.25, 0.3) is 0 Å². The molecule has 2 heterocycles. The number of rotatable bonds is 5. The van der Waals surface area contributed by atoms with E-state index < -0.39 is 0 Å². The minimum Gasteiger partial charge on any atom is -0.337 e. The molecule has 20 heavy (non-hydrogen) atoms. The molecule has 0 atom stereocenters. The van der Waals surface area contributed by atoms with Crippen molar-refractivity contribution in [1.29, 1.82) is 0 Å². The van der Waals surface area contributed by atoms with E-state index >= 15 is 0 Å². The highest BCUT2D eigenvalue weighted by molar-refractivity contribution is 7.17. The van der Waals surface area contributed by atoms with Gasteiger partial charge in [-0.3, -0.25) is 4.40 Å². The van der Waals surface area contributed by atoms with Crippen molar-refractivity contribution in [3.8, 4) is 0 Å². The van der Waals surface area contributed by atoms with Gasteiger partial charge >= 0.3 is 6.03 Å². The first-order valence-corrected chi connectivity index (χ1v) is 7.40. The molecule has 2 N–H and O–H groups in total. The maximum atomic E-state index is 11.3. The summed E-state index contributed by atoms with van der Waals surface area (Å²) in [6.07, 6.45) is 2.12. The Balaban J connectivity index is 1.84. The number of aromatic nitrogens is 2. The van der Waals surface area contributed by atoms with Crippen LogP contribution in [-0.2, 0) is 6.54 Å². The molecule has 0 saturated carbocycles. The zero-order valence-electron chi connectivity index (χ0n) is 12.4. The molecule has 0 bridgehead atoms. The second-order valence-corrected chi connectivity index (χ2v) is 6.15. The van der Waals surface area contributed by atoms with Crippen molar-refractivity contribution in [3.63, 3.8) is 0 Å². The fraction of sp³-hybridized carbons (Fsp3) is 0.538. The number of fused-ring (bicyclic) bond motifs is 1. The molecule has 0 aliphatic heterocycles. The third-order valence-electron chi connectivity index (χ3n) is 3.02. The van der Waals surface area contributed by atoms with Crippen molar-refractivity contribution >= 4 is 22.3 Å². The third-order valence-corrected chi connectivity index (χ3v) is 3.92. The molecule has 0 fully saturated rings. The van der Waals surface area contributed by atoms with E-state index in [1.54, 1.807) is 25.4 Å². The van der Waals surface area contributed by atoms with Crippen LogP contribution in [0.4, 0.5) is 4.79 Å². The summed E-state index contributed by atoms with van der Waals surface area (Å²) in [4.78, 5) is 19.7. The average Bonchev–Trinajstić information content (AvgIpc) is 2.85. The van der Waals surface area contributed by atoms with Crippen LogP contribution in [0.25, 0.3) is 4.96 Å². The molecule has 0 radical (unpaired) electrons. The molecule has 2 amide bonds. The van der Waals surface area contributed by atoms with E-state index in [2.05, 4.69) is 33.1 Å². The standard InChI is InChI=1S/C13H21N5OS/c1-9-8-18-11(10(2)16-13(18)20-9)7-14-5-6-15-12(19)17(3)4/h8,14H,5-7H2,1-4H3,(H,15,19). The molecule has 0 unspecified atom stereocenters. The van der Waals surface area contributed by atoms with Crippen LogP contribution in [0.1, 0.15) is 16.3 Å². The van der Waals surface area contributed by atoms with Crippen LogP contribution in [0.5, 0.6) is 0 Å². The number of aryl methyl sites for hydroxylation is 2. The first-order chi connectivity index (χ1) is 9.49. The Labute approximate surface area is 122 Å². The van der Waals surface area contributed by atoms with Crippen LogP contribution in [0.2, 0.25) is 0 Å². The molecule has 0 spiro atoms. The summed E-state index contributed by atoms with van der Waals surface area (Å²) in [6.45, 7) is 6.21. The number of carbonyl (C=O) groups is 1. The predicted molar refractivity (Wildman–Crippen MR) is 81.3 cm³/mol. The number of urea groups is 1. The quantitative estimate of drug-likeness (QED) is 0.819. The summed E-state index contributed by atoms with van der Waals surface area (Å²) < 4.78 is 2.14. The van der Waals surface area contributed by atoms with Crippen molar-refractivity contribution in [2.45, 2.75) is 20.4 Å². The molecule has 0 aromatic carbocycles. The van der Waals surface area contributed by atoms with Crippen LogP contribution in [0.3, 0.4) is 0 Å². The van der Waals surface area contributed by atoms with E-state index in [4.69, 9.17) is 0 Å². The van der Waals surface area contributed by atoms with Crippen LogP contribution >= 0.6 is 11.3 Å². The summed E-state index contributed by atoms with van der Waals surface area (Å²) in [5.74, 6) is 0. The van der Waals surface area contributed by atoms with Gasteiger partial charge in [0, 0.05) is 44.8 Å². The number of nitrogens with one attached hydrogen (secondary N) is 2. The molecule has 2 rings (SSSR count). The summed E-state index contributed by atoms with van der Waals surface area (Å²) in [6, 6.07) is -0.0665. The van der Waals surface area contributed by atoms with Crippen LogP contribution in [-0.4, -0.2) is 47.5 Å². The molecule has 0 aliphatic rings. The number of hydrogen-bond acceptors (Lipinski definition) is 4. The highest BCUT2D eigenvalue weighted by Crippen LogP contribution is 2.20. The first kappa shape index (κ1) is 14.8. The topological polar surface area (TPSA) is 61.7 Å². The van der Waals surface area contributed by atoms with E-state index in [1.807, 2.05) is 6.92 Å². The number of amides is 2. The van der Waals surface area contributed by atoms with Crippen molar-refractivity contribution in [3.05, 3.63) is 22.5 Å². The zero-order valence-corrected chi connectivity index (χ0v) is 13.2. The second kappa shape index (κ2) is 6.23. The molecular weight excluding hydrogens is 274 g/mol. The minimum atomic E-state index is -0.0665. The molecule has 110 valence electrons. The fourth-order valence-electron chi connectivity index (χ4n) is 1.94. The summed E-state index contributed by atoms with van der Waals surface area (Å²) in [5, 5.41) is 6.16. The third kappa shape index (κ3) is 3.29. The van der Waals surface area contributed by atoms with Gasteiger partial charge in [0.05, 0.1) is 11.4 Å². The minimum absolute atomic E-state index is 0.0665. The van der Waals surface area contributed by atoms with Gasteiger partial charge in [-0.05, 0) is 13.8 Å². The van der Waals surface area contributed by atoms with Crippen molar-refractivity contribution < 1.29 is 4.79 Å². The molecule has 0 aliphatic carbocycles. The Morgan fingerprint density at radius 3 is 2.85 bits per heavy atom. The Hall–Kier alpha value is -1.60. The fourth-order valence-corrected chi connectivity index (χ4v) is 2.83. The van der Waals surface area contributed by atoms with Gasteiger partial charge in [0.15, 0.2) is 4.96 Å². The lowest BCUT2D eigenvalue weighted by Gasteiger charge is -2.12. The smallest absolute Gasteiger partial charge is 0.316 e. The van der Waals surface area contributed by atoms with Gasteiger partial charge in [-0.1, -0.05) is 0 Å². The van der Waals surface area contributed by atoms with Gasteiger partial charge in [-0.15, -0.1) is 11.3 Å². The number of nitrogens with zero attached hydrogens (tertiary/aromatic N) is 3. The largest absolute Gasteiger partial charge is 0.337 e. The van der Waals surface area contributed by atoms with Crippen molar-refractivity contribution in [2.24, 2.45) is 0 Å². The molecule has 6 nitrogen and oxygen atoms in total. The normalized spacial score (nSPS) is 11.0. The zero-order chi connectivity index (χ0) is 14.7. The maximum absolute atomic E-state index is 11.3. The van der Waals surface area contributed by atoms with Crippen LogP contribution < -0.4 is 10.6 Å². The van der Waals surface area contributed by atoms with Gasteiger partial charge in [-0.25, -0.2) is 9.78 Å². The number of hydrogen-bond donors (Lipinski definition) is 2. The highest BCUT2D eigenvalue weighted by atomic mass is 32.1. The van der Waals surface area contributed by atoms with E-state index in [0.717, 1.165) is 23.7 Å². The lowest BCUT2D eigenvalue weighted by atomic mass is 10.3. The van der Waals surface area contributed by atoms with Gasteiger partial charge in [0.1, 0.15) is 0 Å². The van der Waals surface area contributed by atoms with E-state index in [1.165, 1.54) is 15.5 Å². The summed E-state index contributed by atoms with van der Waals surface area (Å²) in [7, 11) is 3.46. The molecule has 2 aromatic rings. The van der Waals surface area contributed by atoms with Crippen LogP contribution in [0, 0.1) is 13.8 Å². The first-order valence-electron chi connectivity index (χ1n) is 6.59. The molecule has 0 saturated heterocycles. The molecular formula is C13H21N5OS. The van der Waals surface area contributed by atoms with Crippen LogP contribution in [0.15, 0.2) is 6.20 Å². The average molecular weight is 295 g/mol. The number of thiazole rings is 1. The van der Waals surface area contributed by atoms with E-state index in [0.29, 0.717) is 6.54 Å². The monoisotopic (exact) mass is 295 g/mol. The Kier molecular flexibility index (Phi) is 4.61. The van der Waals surface area contributed by atoms with Crippen molar-refractivity contribution in [2.75, 3.05) is 27.2 Å². The van der Waals surface area contributed by atoms with Crippen molar-refractivity contribution in [1.82, 2.24) is 24.9 Å². The lowest BCUT2D eigenvalue weighted by Crippen LogP contribution is -2.38. The molecule has 2 aromatic heterocycles.